The Morgan fingerprint density at radius 1 is 1.00 bits per heavy atom. The molecule has 0 aromatic heterocycles. The van der Waals surface area contributed by atoms with E-state index in [1.807, 2.05) is 0 Å². The summed E-state index contributed by atoms with van der Waals surface area (Å²) in [5.41, 5.74) is 0. The van der Waals surface area contributed by atoms with Gasteiger partial charge in [0, 0.05) is 0 Å². The smallest absolute Gasteiger partial charge is 0.254 e. The van der Waals surface area contributed by atoms with E-state index < -0.39 is 7.54 Å². The van der Waals surface area contributed by atoms with Crippen molar-refractivity contribution in [2.75, 3.05) is 0 Å². The Morgan fingerprint density at radius 3 is 1.00 bits per heavy atom. The van der Waals surface area contributed by atoms with Crippen molar-refractivity contribution < 1.29 is 30.0 Å². The van der Waals surface area contributed by atoms with Crippen LogP contribution in [0, 0.1) is 0 Å². The molecular weight excluding hydrogens is 131 g/mol. The number of halogens is 3. The molecule has 0 rings (SSSR count). The summed E-state index contributed by atoms with van der Waals surface area (Å²) in [6.07, 6.45) is 0. The van der Waals surface area contributed by atoms with Crippen LogP contribution in [0.2, 0.25) is 0 Å². The molecule has 0 heterocycles. The first-order chi connectivity index (χ1) is 1.73. The first-order valence-electron chi connectivity index (χ1n) is 0.655. The van der Waals surface area contributed by atoms with Crippen molar-refractivity contribution in [1.82, 2.24) is 0 Å². The fraction of sp³-hybridized carbons (Fsp3) is 0. The molecule has 0 spiro atoms. The maximum Gasteiger partial charge on any atom is 2.00 e. The van der Waals surface area contributed by atoms with E-state index in [1.165, 1.54) is 0 Å². The van der Waals surface area contributed by atoms with Crippen LogP contribution in [0.5, 0.6) is 0 Å². The van der Waals surface area contributed by atoms with Crippen molar-refractivity contribution in [3.8, 4) is 0 Å². The van der Waals surface area contributed by atoms with E-state index in [1.54, 1.807) is 0 Å². The average molecular weight is 131 g/mol. The van der Waals surface area contributed by atoms with Crippen LogP contribution in [0.25, 0.3) is 0 Å². The Labute approximate surface area is 38.4 Å². The van der Waals surface area contributed by atoms with Crippen molar-refractivity contribution in [2.24, 2.45) is 0 Å². The molecule has 0 aliphatic rings. The van der Waals surface area contributed by atoms with Gasteiger partial charge in [0.2, 0.25) is 0 Å². The van der Waals surface area contributed by atoms with Crippen LogP contribution in [0.4, 0.5) is 12.9 Å². The van der Waals surface area contributed by atoms with Crippen molar-refractivity contribution in [1.29, 1.82) is 0 Å². The van der Waals surface area contributed by atoms with E-state index >= 15 is 0 Å². The van der Waals surface area contributed by atoms with Gasteiger partial charge < -0.3 is 0 Å². The van der Waals surface area contributed by atoms with Crippen LogP contribution in [0.3, 0.4) is 0 Å². The van der Waals surface area contributed by atoms with E-state index in [4.69, 9.17) is 0 Å². The molecule has 0 atom stereocenters. The van der Waals surface area contributed by atoms with Gasteiger partial charge in [0.1, 0.15) is 0 Å². The molecule has 0 bridgehead atoms. The summed E-state index contributed by atoms with van der Waals surface area (Å²) in [7, 11) is -3.67. The molecule has 33 valence electrons. The van der Waals surface area contributed by atoms with Crippen molar-refractivity contribution in [3.63, 3.8) is 0 Å². The second-order valence-corrected chi connectivity index (χ2v) is 0.247. The number of hydrogen-bond donors (Lipinski definition) is 0. The minimum atomic E-state index is -3.67. The minimum Gasteiger partial charge on any atom is -0.254 e. The van der Waals surface area contributed by atoms with Crippen LogP contribution >= 0.6 is 0 Å². The average Bonchev–Trinajstić information content (AvgIpc) is 0.811. The summed E-state index contributed by atoms with van der Waals surface area (Å²) in [4.78, 5) is 0. The zero-order chi connectivity index (χ0) is 3.58. The normalized spacial score (nSPS) is 5.40. The monoisotopic (exact) mass is 131 g/mol. The molecule has 0 unspecified atom stereocenters. The van der Waals surface area contributed by atoms with Gasteiger partial charge in [0.25, 0.3) is 0 Å². The molecular formula is BCuF3+2. The van der Waals surface area contributed by atoms with Gasteiger partial charge in [-0.2, -0.15) is 0 Å². The first kappa shape index (κ1) is 9.03. The summed E-state index contributed by atoms with van der Waals surface area (Å²) in [5.74, 6) is 0. The van der Waals surface area contributed by atoms with E-state index in [9.17, 15) is 12.9 Å². The van der Waals surface area contributed by atoms with Gasteiger partial charge in [-0.1, -0.05) is 0 Å². The Kier molecular flexibility index (Phi) is 7.90. The van der Waals surface area contributed by atoms with Crippen molar-refractivity contribution in [2.45, 2.75) is 0 Å². The molecule has 0 saturated heterocycles. The molecule has 0 aromatic rings. The van der Waals surface area contributed by atoms with E-state index in [2.05, 4.69) is 0 Å². The van der Waals surface area contributed by atoms with Crippen LogP contribution < -0.4 is 0 Å². The molecule has 0 aliphatic carbocycles. The second kappa shape index (κ2) is 4.37. The third kappa shape index (κ3) is 176. The van der Waals surface area contributed by atoms with Crippen LogP contribution in [0.15, 0.2) is 0 Å². The third-order valence-electron chi connectivity index (χ3n) is 0. The molecule has 0 nitrogen and oxygen atoms in total. The van der Waals surface area contributed by atoms with Crippen molar-refractivity contribution >= 4 is 7.54 Å². The number of hydrogen-bond acceptors (Lipinski definition) is 0. The van der Waals surface area contributed by atoms with Gasteiger partial charge in [-0.25, -0.2) is 0 Å². The Bertz CT molecular complexity index is 11.6. The summed E-state index contributed by atoms with van der Waals surface area (Å²) in [6.45, 7) is 0. The molecule has 0 N–H and O–H groups in total. The van der Waals surface area contributed by atoms with Crippen LogP contribution in [0.1, 0.15) is 0 Å². The van der Waals surface area contributed by atoms with Crippen LogP contribution in [-0.4, -0.2) is 7.54 Å². The van der Waals surface area contributed by atoms with E-state index in [0.717, 1.165) is 0 Å². The van der Waals surface area contributed by atoms with E-state index in [-0.39, 0.29) is 17.1 Å². The topological polar surface area (TPSA) is 0 Å². The van der Waals surface area contributed by atoms with Gasteiger partial charge in [-0.05, 0) is 0 Å². The van der Waals surface area contributed by atoms with Gasteiger partial charge in [0.15, 0.2) is 0 Å². The quantitative estimate of drug-likeness (QED) is 0.428. The molecule has 0 amide bonds. The van der Waals surface area contributed by atoms with Gasteiger partial charge in [-0.3, -0.25) is 12.9 Å². The molecule has 5 heavy (non-hydrogen) atoms. The zero-order valence-electron chi connectivity index (χ0n) is 2.01. The van der Waals surface area contributed by atoms with Crippen LogP contribution in [-0.2, 0) is 17.1 Å². The molecule has 1 radical (unpaired) electrons. The summed E-state index contributed by atoms with van der Waals surface area (Å²) in [5, 5.41) is 0. The van der Waals surface area contributed by atoms with E-state index in [0.29, 0.717) is 0 Å². The Morgan fingerprint density at radius 2 is 1.00 bits per heavy atom. The first-order valence-corrected chi connectivity index (χ1v) is 0.655. The predicted molar refractivity (Wildman–Crippen MR) is 9.08 cm³/mol. The molecule has 0 aliphatic heterocycles. The predicted octanol–water partition coefficient (Wildman–Crippen LogP) is 0.877. The maximum absolute atomic E-state index is 9.67. The standard InChI is InChI=1S/BF3.Cu/c2-1(3)4;/q;+2. The molecule has 5 heteroatoms. The van der Waals surface area contributed by atoms with Gasteiger partial charge >= 0.3 is 24.6 Å². The largest absolute Gasteiger partial charge is 2.00 e. The van der Waals surface area contributed by atoms with Crippen molar-refractivity contribution in [3.05, 3.63) is 0 Å². The maximum atomic E-state index is 9.67. The minimum absolute atomic E-state index is 0. The van der Waals surface area contributed by atoms with Gasteiger partial charge in [0.05, 0.1) is 0 Å². The fourth-order valence-corrected chi connectivity index (χ4v) is 0. The zero-order valence-corrected chi connectivity index (χ0v) is 2.95. The third-order valence-corrected chi connectivity index (χ3v) is 0. The SMILES string of the molecule is FB(F)F.[Cu+2]. The Balaban J connectivity index is 0. The van der Waals surface area contributed by atoms with Gasteiger partial charge in [-0.15, -0.1) is 0 Å². The fourth-order valence-electron chi connectivity index (χ4n) is 0. The summed E-state index contributed by atoms with van der Waals surface area (Å²) in [6, 6.07) is 0. The molecule has 0 aromatic carbocycles. The molecule has 0 saturated carbocycles. The summed E-state index contributed by atoms with van der Waals surface area (Å²) < 4.78 is 29.0. The number of rotatable bonds is 0. The molecule has 0 fully saturated rings. The Hall–Kier alpha value is 0.374. The summed E-state index contributed by atoms with van der Waals surface area (Å²) >= 11 is 0. The second-order valence-electron chi connectivity index (χ2n) is 0.247.